The first-order valence-corrected chi connectivity index (χ1v) is 8.64. The quantitative estimate of drug-likeness (QED) is 0.286. The molecule has 0 aliphatic carbocycles. The Morgan fingerprint density at radius 2 is 1.89 bits per heavy atom. The van der Waals surface area contributed by atoms with Gasteiger partial charge in [-0.05, 0) is 11.1 Å². The summed E-state index contributed by atoms with van der Waals surface area (Å²) in [4.78, 5) is 25.7. The van der Waals surface area contributed by atoms with Gasteiger partial charge >= 0.3 is 11.9 Å². The normalized spacial score (nSPS) is 26.8. The highest BCUT2D eigenvalue weighted by molar-refractivity contribution is 5.66. The van der Waals surface area contributed by atoms with Crippen LogP contribution in [0.4, 0.5) is 0 Å². The predicted octanol–water partition coefficient (Wildman–Crippen LogP) is 2.12. The van der Waals surface area contributed by atoms with Crippen LogP contribution in [-0.2, 0) is 39.9 Å². The van der Waals surface area contributed by atoms with Gasteiger partial charge < -0.3 is 23.7 Å². The van der Waals surface area contributed by atoms with Crippen LogP contribution in [0, 0.1) is 0 Å². The molecule has 10 nitrogen and oxygen atoms in total. The summed E-state index contributed by atoms with van der Waals surface area (Å²) in [5, 5.41) is 3.72. The molecule has 0 amide bonds. The van der Waals surface area contributed by atoms with E-state index in [1.54, 1.807) is 0 Å². The summed E-state index contributed by atoms with van der Waals surface area (Å²) in [6.07, 6.45) is -3.67. The molecule has 0 saturated carbocycles. The summed E-state index contributed by atoms with van der Waals surface area (Å²) in [6, 6.07) is 8.41. The molecule has 1 aliphatic rings. The van der Waals surface area contributed by atoms with Gasteiger partial charge in [0.2, 0.25) is 0 Å². The SMILES string of the molecule is CO[C@H]1O[C@H](COC(C)=O)[C@@H](OC(C)=O)[C@H](OCc2ccccc2)[C@H]1N=[N+]=[N-]. The maximum Gasteiger partial charge on any atom is 0.303 e. The molecule has 0 unspecified atom stereocenters. The molecular weight excluding hydrogens is 370 g/mol. The molecule has 1 fully saturated rings. The lowest BCUT2D eigenvalue weighted by Gasteiger charge is -2.43. The third-order valence-corrected chi connectivity index (χ3v) is 4.07. The molecule has 0 spiro atoms. The first-order chi connectivity index (χ1) is 13.5. The van der Waals surface area contributed by atoms with E-state index in [1.165, 1.54) is 21.0 Å². The van der Waals surface area contributed by atoms with Crippen LogP contribution in [-0.4, -0.2) is 56.3 Å². The van der Waals surface area contributed by atoms with Crippen LogP contribution in [0.15, 0.2) is 35.4 Å². The second-order valence-corrected chi connectivity index (χ2v) is 6.11. The van der Waals surface area contributed by atoms with E-state index in [9.17, 15) is 9.59 Å². The van der Waals surface area contributed by atoms with Crippen molar-refractivity contribution in [2.75, 3.05) is 13.7 Å². The number of esters is 2. The molecule has 2 rings (SSSR count). The van der Waals surface area contributed by atoms with E-state index >= 15 is 0 Å². The Labute approximate surface area is 162 Å². The summed E-state index contributed by atoms with van der Waals surface area (Å²) < 4.78 is 27.4. The molecule has 1 aliphatic heterocycles. The molecule has 1 saturated heterocycles. The summed E-state index contributed by atoms with van der Waals surface area (Å²) in [6.45, 7) is 2.49. The Hall–Kier alpha value is -2.65. The van der Waals surface area contributed by atoms with Gasteiger partial charge in [-0.1, -0.05) is 35.4 Å². The fourth-order valence-corrected chi connectivity index (χ4v) is 2.89. The Morgan fingerprint density at radius 1 is 1.18 bits per heavy atom. The van der Waals surface area contributed by atoms with Crippen molar-refractivity contribution in [3.63, 3.8) is 0 Å². The van der Waals surface area contributed by atoms with E-state index in [4.69, 9.17) is 29.2 Å². The van der Waals surface area contributed by atoms with Gasteiger partial charge in [0.05, 0.1) is 6.61 Å². The molecule has 1 heterocycles. The molecule has 0 aromatic heterocycles. The zero-order valence-corrected chi connectivity index (χ0v) is 15.9. The number of carbonyl (C=O) groups excluding carboxylic acids is 2. The minimum atomic E-state index is -0.970. The molecule has 10 heteroatoms. The average molecular weight is 393 g/mol. The first kappa shape index (κ1) is 21.6. The van der Waals surface area contributed by atoms with E-state index in [0.717, 1.165) is 5.56 Å². The van der Waals surface area contributed by atoms with E-state index in [0.29, 0.717) is 0 Å². The van der Waals surface area contributed by atoms with Crippen molar-refractivity contribution in [2.45, 2.75) is 51.1 Å². The predicted molar refractivity (Wildman–Crippen MR) is 95.8 cm³/mol. The number of azide groups is 1. The van der Waals surface area contributed by atoms with Crippen molar-refractivity contribution in [1.29, 1.82) is 0 Å². The van der Waals surface area contributed by atoms with Gasteiger partial charge in [0.1, 0.15) is 24.9 Å². The van der Waals surface area contributed by atoms with Crippen LogP contribution in [0.3, 0.4) is 0 Å². The standard InChI is InChI=1S/C18H23N3O7/c1-11(22)25-10-14-16(27-12(2)23)17(15(20-21-19)18(24-3)28-14)26-9-13-7-5-4-6-8-13/h4-8,14-18H,9-10H2,1-3H3/t14-,15-,16-,17-,18+/m1/s1. The van der Waals surface area contributed by atoms with Gasteiger partial charge in [-0.25, -0.2) is 0 Å². The lowest BCUT2D eigenvalue weighted by molar-refractivity contribution is -0.272. The van der Waals surface area contributed by atoms with Crippen molar-refractivity contribution >= 4 is 11.9 Å². The number of methoxy groups -OCH3 is 1. The van der Waals surface area contributed by atoms with Crippen molar-refractivity contribution in [2.24, 2.45) is 5.11 Å². The van der Waals surface area contributed by atoms with Crippen LogP contribution in [0.1, 0.15) is 19.4 Å². The van der Waals surface area contributed by atoms with Gasteiger partial charge in [0, 0.05) is 25.9 Å². The van der Waals surface area contributed by atoms with Crippen molar-refractivity contribution in [3.8, 4) is 0 Å². The van der Waals surface area contributed by atoms with Crippen LogP contribution in [0.5, 0.6) is 0 Å². The fraction of sp³-hybridized carbons (Fsp3) is 0.556. The Kier molecular flexibility index (Phi) is 8.21. The maximum absolute atomic E-state index is 11.7. The van der Waals surface area contributed by atoms with Gasteiger partial charge in [-0.3, -0.25) is 9.59 Å². The largest absolute Gasteiger partial charge is 0.463 e. The van der Waals surface area contributed by atoms with Crippen LogP contribution < -0.4 is 0 Å². The average Bonchev–Trinajstić information content (AvgIpc) is 2.67. The molecule has 5 atom stereocenters. The molecule has 0 N–H and O–H groups in total. The summed E-state index contributed by atoms with van der Waals surface area (Å²) in [7, 11) is 1.38. The molecule has 1 aromatic rings. The molecule has 0 bridgehead atoms. The van der Waals surface area contributed by atoms with E-state index in [1.807, 2.05) is 30.3 Å². The summed E-state index contributed by atoms with van der Waals surface area (Å²) >= 11 is 0. The molecule has 28 heavy (non-hydrogen) atoms. The minimum Gasteiger partial charge on any atom is -0.463 e. The minimum absolute atomic E-state index is 0.178. The highest BCUT2D eigenvalue weighted by Gasteiger charge is 2.49. The Bertz CT molecular complexity index is 708. The second-order valence-electron chi connectivity index (χ2n) is 6.11. The number of hydrogen-bond acceptors (Lipinski definition) is 8. The zero-order chi connectivity index (χ0) is 20.5. The van der Waals surface area contributed by atoms with Gasteiger partial charge in [-0.2, -0.15) is 0 Å². The number of nitrogens with zero attached hydrogens (tertiary/aromatic N) is 3. The maximum atomic E-state index is 11.7. The van der Waals surface area contributed by atoms with Crippen molar-refractivity contribution < 1.29 is 33.3 Å². The lowest BCUT2D eigenvalue weighted by Crippen LogP contribution is -2.60. The second kappa shape index (κ2) is 10.6. The van der Waals surface area contributed by atoms with Crippen molar-refractivity contribution in [3.05, 3.63) is 46.3 Å². The summed E-state index contributed by atoms with van der Waals surface area (Å²) in [5.74, 6) is -1.09. The monoisotopic (exact) mass is 393 g/mol. The van der Waals surface area contributed by atoms with Crippen LogP contribution in [0.2, 0.25) is 0 Å². The smallest absolute Gasteiger partial charge is 0.303 e. The first-order valence-electron chi connectivity index (χ1n) is 8.64. The van der Waals surface area contributed by atoms with E-state index in [-0.39, 0.29) is 13.2 Å². The lowest BCUT2D eigenvalue weighted by atomic mass is 9.96. The number of benzene rings is 1. The van der Waals surface area contributed by atoms with Gasteiger partial charge in [0.15, 0.2) is 12.4 Å². The third kappa shape index (κ3) is 5.93. The highest BCUT2D eigenvalue weighted by atomic mass is 16.7. The highest BCUT2D eigenvalue weighted by Crippen LogP contribution is 2.30. The van der Waals surface area contributed by atoms with Gasteiger partial charge in [-0.15, -0.1) is 0 Å². The fourth-order valence-electron chi connectivity index (χ4n) is 2.89. The zero-order valence-electron chi connectivity index (χ0n) is 15.9. The molecular formula is C18H23N3O7. The van der Waals surface area contributed by atoms with Crippen molar-refractivity contribution in [1.82, 2.24) is 0 Å². The Morgan fingerprint density at radius 3 is 2.46 bits per heavy atom. The molecule has 1 aromatic carbocycles. The van der Waals surface area contributed by atoms with E-state index in [2.05, 4.69) is 10.0 Å². The number of hydrogen-bond donors (Lipinski definition) is 0. The van der Waals surface area contributed by atoms with Crippen LogP contribution in [0.25, 0.3) is 10.4 Å². The number of carbonyl (C=O) groups is 2. The number of rotatable bonds is 8. The van der Waals surface area contributed by atoms with Crippen LogP contribution >= 0.6 is 0 Å². The topological polar surface area (TPSA) is 129 Å². The molecule has 0 radical (unpaired) electrons. The summed E-state index contributed by atoms with van der Waals surface area (Å²) in [5.41, 5.74) is 9.84. The van der Waals surface area contributed by atoms with E-state index < -0.39 is 42.6 Å². The Balaban J connectivity index is 2.30. The molecule has 152 valence electrons. The van der Waals surface area contributed by atoms with Gasteiger partial charge in [0.25, 0.3) is 0 Å². The third-order valence-electron chi connectivity index (χ3n) is 4.07. The number of ether oxygens (including phenoxy) is 5.